The average Bonchev–Trinajstić information content (AvgIpc) is 3.04. The van der Waals surface area contributed by atoms with E-state index >= 15 is 0 Å². The second-order valence-corrected chi connectivity index (χ2v) is 11.3. The molecule has 0 fully saturated rings. The molecular formula is C36H41F4NO6. The molecule has 0 aliphatic heterocycles. The summed E-state index contributed by atoms with van der Waals surface area (Å²) in [7, 11) is 0. The van der Waals surface area contributed by atoms with E-state index in [-0.39, 0.29) is 29.9 Å². The number of hydrogen-bond donors (Lipinski definition) is 0. The van der Waals surface area contributed by atoms with Gasteiger partial charge in [0.05, 0.1) is 17.6 Å². The Bertz CT molecular complexity index is 1480. The van der Waals surface area contributed by atoms with Gasteiger partial charge in [-0.1, -0.05) is 89.0 Å². The first-order valence-electron chi connectivity index (χ1n) is 16.0. The molecule has 1 unspecified atom stereocenters. The maximum atomic E-state index is 14.8. The Morgan fingerprint density at radius 1 is 0.851 bits per heavy atom. The van der Waals surface area contributed by atoms with Crippen LogP contribution >= 0.6 is 0 Å². The van der Waals surface area contributed by atoms with Crippen LogP contribution in [0.25, 0.3) is 11.1 Å². The van der Waals surface area contributed by atoms with E-state index in [2.05, 4.69) is 13.5 Å². The zero-order valence-corrected chi connectivity index (χ0v) is 26.8. The minimum Gasteiger partial charge on any atom is -0.487 e. The van der Waals surface area contributed by atoms with Crippen molar-refractivity contribution in [2.75, 3.05) is 6.61 Å². The lowest BCUT2D eigenvalue weighted by Gasteiger charge is -2.14. The van der Waals surface area contributed by atoms with Crippen LogP contribution in [-0.2, 0) is 0 Å². The van der Waals surface area contributed by atoms with Gasteiger partial charge in [0, 0.05) is 12.5 Å². The number of nitrogens with zero attached hydrogens (tertiary/aromatic N) is 1. The highest BCUT2D eigenvalue weighted by Gasteiger charge is 2.32. The van der Waals surface area contributed by atoms with E-state index in [1.165, 1.54) is 68.5 Å². The third-order valence-electron chi connectivity index (χ3n) is 7.55. The summed E-state index contributed by atoms with van der Waals surface area (Å²) < 4.78 is 74.7. The van der Waals surface area contributed by atoms with Gasteiger partial charge in [-0.15, -0.1) is 6.58 Å². The average molecular weight is 660 g/mol. The van der Waals surface area contributed by atoms with Crippen LogP contribution in [0, 0.1) is 33.4 Å². The Kier molecular flexibility index (Phi) is 14.7. The fraction of sp³-hybridized carbons (Fsp3) is 0.417. The first-order chi connectivity index (χ1) is 22.6. The Balaban J connectivity index is 1.61. The maximum absolute atomic E-state index is 14.8. The summed E-state index contributed by atoms with van der Waals surface area (Å²) in [6.07, 6.45) is 12.1. The smallest absolute Gasteiger partial charge is 0.349 e. The summed E-state index contributed by atoms with van der Waals surface area (Å²) in [5.41, 5.74) is -0.878. The number of rotatable bonds is 20. The van der Waals surface area contributed by atoms with Crippen LogP contribution in [0.15, 0.2) is 55.1 Å². The molecule has 0 radical (unpaired) electrons. The number of benzene rings is 3. The number of nitro groups is 1. The summed E-state index contributed by atoms with van der Waals surface area (Å²) in [4.78, 5) is 23.7. The lowest BCUT2D eigenvalue weighted by atomic mass is 10.0. The molecule has 0 aliphatic rings. The van der Waals surface area contributed by atoms with Crippen LogP contribution in [0.1, 0.15) is 94.8 Å². The van der Waals surface area contributed by atoms with Gasteiger partial charge >= 0.3 is 11.7 Å². The summed E-state index contributed by atoms with van der Waals surface area (Å²) in [5.74, 6) is -10.5. The number of ether oxygens (including phenoxy) is 3. The molecule has 47 heavy (non-hydrogen) atoms. The van der Waals surface area contributed by atoms with Gasteiger partial charge in [0.25, 0.3) is 0 Å². The van der Waals surface area contributed by atoms with Crippen LogP contribution in [0.2, 0.25) is 0 Å². The maximum Gasteiger partial charge on any atom is 0.349 e. The molecule has 254 valence electrons. The van der Waals surface area contributed by atoms with Gasteiger partial charge in [0.1, 0.15) is 11.3 Å². The SMILES string of the molecule is C=CCC(C)Oc1ccc(-c2ccc(OC(=O)c3c(F)c(F)c(OCCCCCCCCCCCC)c(F)c3F)cc2)cc1[N+](=O)[O-]. The largest absolute Gasteiger partial charge is 0.487 e. The lowest BCUT2D eigenvalue weighted by molar-refractivity contribution is -0.386. The fourth-order valence-corrected chi connectivity index (χ4v) is 4.99. The van der Waals surface area contributed by atoms with E-state index in [0.717, 1.165) is 25.7 Å². The highest BCUT2D eigenvalue weighted by Crippen LogP contribution is 2.35. The zero-order chi connectivity index (χ0) is 34.3. The Morgan fingerprint density at radius 3 is 1.96 bits per heavy atom. The molecule has 0 bridgehead atoms. The van der Waals surface area contributed by atoms with Gasteiger partial charge in [-0.05, 0) is 42.7 Å². The van der Waals surface area contributed by atoms with Gasteiger partial charge in [-0.25, -0.2) is 13.6 Å². The molecular weight excluding hydrogens is 618 g/mol. The monoisotopic (exact) mass is 659 g/mol. The van der Waals surface area contributed by atoms with Crippen molar-refractivity contribution < 1.29 is 41.5 Å². The van der Waals surface area contributed by atoms with E-state index < -0.39 is 45.5 Å². The second kappa shape index (κ2) is 18.7. The number of nitro benzene ring substituents is 1. The number of hydrogen-bond acceptors (Lipinski definition) is 6. The standard InChI is InChI=1S/C36H41F4NO6/c1-4-6-7-8-9-10-11-12-13-14-22-45-35-33(39)31(37)30(32(38)34(35)40)36(42)47-27-19-16-25(17-20-27)26-18-21-29(28(23-26)41(43)44)46-24(3)15-5-2/h5,16-21,23-24H,2,4,6-15,22H2,1,3H3. The van der Waals surface area contributed by atoms with Crippen molar-refractivity contribution in [3.8, 4) is 28.4 Å². The van der Waals surface area contributed by atoms with Crippen molar-refractivity contribution in [3.63, 3.8) is 0 Å². The third kappa shape index (κ3) is 10.6. The summed E-state index contributed by atoms with van der Waals surface area (Å²) in [6, 6.07) is 9.79. The van der Waals surface area contributed by atoms with Crippen LogP contribution in [0.3, 0.4) is 0 Å². The van der Waals surface area contributed by atoms with Gasteiger partial charge in [0.2, 0.25) is 11.6 Å². The summed E-state index contributed by atoms with van der Waals surface area (Å²) >= 11 is 0. The van der Waals surface area contributed by atoms with Gasteiger partial charge in [0.15, 0.2) is 23.1 Å². The van der Waals surface area contributed by atoms with Crippen LogP contribution in [0.4, 0.5) is 23.2 Å². The first-order valence-corrected chi connectivity index (χ1v) is 16.0. The van der Waals surface area contributed by atoms with Crippen LogP contribution < -0.4 is 14.2 Å². The predicted molar refractivity (Wildman–Crippen MR) is 172 cm³/mol. The number of esters is 1. The topological polar surface area (TPSA) is 87.9 Å². The van der Waals surface area contributed by atoms with Gasteiger partial charge in [-0.2, -0.15) is 8.78 Å². The molecule has 3 aromatic rings. The van der Waals surface area contributed by atoms with Crippen molar-refractivity contribution in [2.24, 2.45) is 0 Å². The van der Waals surface area contributed by atoms with Crippen molar-refractivity contribution in [1.82, 2.24) is 0 Å². The van der Waals surface area contributed by atoms with E-state index in [1.54, 1.807) is 19.1 Å². The molecule has 0 saturated carbocycles. The number of carbonyl (C=O) groups is 1. The third-order valence-corrected chi connectivity index (χ3v) is 7.55. The Hall–Kier alpha value is -4.41. The minimum absolute atomic E-state index is 0.0809. The van der Waals surface area contributed by atoms with E-state index in [9.17, 15) is 32.5 Å². The van der Waals surface area contributed by atoms with E-state index in [0.29, 0.717) is 24.0 Å². The lowest BCUT2D eigenvalue weighted by Crippen LogP contribution is -2.17. The highest BCUT2D eigenvalue weighted by atomic mass is 19.2. The van der Waals surface area contributed by atoms with Gasteiger partial charge in [-0.3, -0.25) is 10.1 Å². The molecule has 0 aliphatic carbocycles. The summed E-state index contributed by atoms with van der Waals surface area (Å²) in [5, 5.41) is 11.6. The van der Waals surface area contributed by atoms with E-state index in [1.807, 2.05) is 0 Å². The zero-order valence-electron chi connectivity index (χ0n) is 26.8. The second-order valence-electron chi connectivity index (χ2n) is 11.3. The fourth-order valence-electron chi connectivity index (χ4n) is 4.99. The minimum atomic E-state index is -1.93. The molecule has 0 saturated heterocycles. The highest BCUT2D eigenvalue weighted by molar-refractivity contribution is 5.92. The summed E-state index contributed by atoms with van der Waals surface area (Å²) in [6.45, 7) is 7.39. The Morgan fingerprint density at radius 2 is 1.40 bits per heavy atom. The predicted octanol–water partition coefficient (Wildman–Crippen LogP) is 10.7. The van der Waals surface area contributed by atoms with Crippen molar-refractivity contribution in [2.45, 2.75) is 90.6 Å². The van der Waals surface area contributed by atoms with Crippen molar-refractivity contribution in [3.05, 3.63) is 94.1 Å². The van der Waals surface area contributed by atoms with Gasteiger partial charge < -0.3 is 14.2 Å². The number of carbonyl (C=O) groups excluding carboxylic acids is 1. The molecule has 0 heterocycles. The molecule has 0 spiro atoms. The Labute approximate surface area is 272 Å². The van der Waals surface area contributed by atoms with Crippen LogP contribution in [-0.4, -0.2) is 23.6 Å². The molecule has 0 N–H and O–H groups in total. The quantitative estimate of drug-likeness (QED) is 0.0175. The molecule has 1 atom stereocenters. The van der Waals surface area contributed by atoms with Crippen LogP contribution in [0.5, 0.6) is 17.2 Å². The van der Waals surface area contributed by atoms with Crippen molar-refractivity contribution in [1.29, 1.82) is 0 Å². The van der Waals surface area contributed by atoms with Crippen molar-refractivity contribution >= 4 is 11.7 Å². The molecule has 7 nitrogen and oxygen atoms in total. The van der Waals surface area contributed by atoms with E-state index in [4.69, 9.17) is 14.2 Å². The molecule has 0 amide bonds. The first kappa shape index (κ1) is 37.1. The molecule has 0 aromatic heterocycles. The number of unbranched alkanes of at least 4 members (excludes halogenated alkanes) is 9. The molecule has 3 aromatic carbocycles. The normalized spacial score (nSPS) is 11.6. The number of halogens is 4. The molecule has 3 rings (SSSR count). The molecule has 11 heteroatoms.